The van der Waals surface area contributed by atoms with Gasteiger partial charge in [0.2, 0.25) is 6.79 Å². The van der Waals surface area contributed by atoms with Crippen molar-refractivity contribution in [2.24, 2.45) is 0 Å². The number of alkyl halides is 1. The molecule has 4 aliphatic heterocycles. The Labute approximate surface area is 296 Å². The number of aromatic nitrogens is 3. The molecule has 4 atom stereocenters. The normalized spacial score (nSPS) is 23.9. The fourth-order valence-corrected chi connectivity index (χ4v) is 8.53. The monoisotopic (exact) mass is 716 g/mol. The van der Waals surface area contributed by atoms with Crippen LogP contribution in [0.5, 0.6) is 11.8 Å². The van der Waals surface area contributed by atoms with Crippen LogP contribution < -0.4 is 9.64 Å². The van der Waals surface area contributed by atoms with Gasteiger partial charge in [0.25, 0.3) is 0 Å². The second-order valence-corrected chi connectivity index (χ2v) is 13.9. The molecule has 12 nitrogen and oxygen atoms in total. The molecule has 0 saturated carbocycles. The number of nitrogens with zero attached hydrogens (tertiary/aromatic N) is 6. The molecular formula is C37H35F3N6O6. The van der Waals surface area contributed by atoms with E-state index in [4.69, 9.17) is 25.6 Å². The number of carbonyl (C=O) groups excluding carboxylic acids is 2. The van der Waals surface area contributed by atoms with E-state index in [2.05, 4.69) is 20.8 Å². The van der Waals surface area contributed by atoms with Crippen LogP contribution in [-0.4, -0.2) is 105 Å². The smallest absolute Gasteiger partial charge is 0.413 e. The van der Waals surface area contributed by atoms with Gasteiger partial charge in [0.15, 0.2) is 5.82 Å². The first-order valence-electron chi connectivity index (χ1n) is 17.2. The molecule has 6 heterocycles. The lowest BCUT2D eigenvalue weighted by Crippen LogP contribution is -2.56. The number of aromatic hydroxyl groups is 1. The lowest BCUT2D eigenvalue weighted by molar-refractivity contribution is -0.149. The van der Waals surface area contributed by atoms with Crippen LogP contribution >= 0.6 is 0 Å². The Bertz CT molecular complexity index is 2150. The first-order valence-corrected chi connectivity index (χ1v) is 17.2. The van der Waals surface area contributed by atoms with E-state index in [-0.39, 0.29) is 63.6 Å². The number of piperazine rings is 1. The SMILES string of the molecule is C#Cc1c(F)ccc2cc(O)cc(-c3ncc4c(N5C[C@H]6CC[C@@H](C5)N6C(=O)OCOC(C)=O)nc(OC[C@@]56CCCN5C[C@H](F)C6)nc4c3F)c12. The summed E-state index contributed by atoms with van der Waals surface area (Å²) in [6.45, 7) is 2.54. The van der Waals surface area contributed by atoms with E-state index >= 15 is 4.39 Å². The van der Waals surface area contributed by atoms with Gasteiger partial charge in [0.1, 0.15) is 41.4 Å². The zero-order valence-electron chi connectivity index (χ0n) is 28.3. The predicted octanol–water partition coefficient (Wildman–Crippen LogP) is 5.08. The quantitative estimate of drug-likeness (QED) is 0.156. The van der Waals surface area contributed by atoms with Crippen molar-refractivity contribution < 1.29 is 42.1 Å². The van der Waals surface area contributed by atoms with E-state index in [0.29, 0.717) is 50.1 Å². The Balaban J connectivity index is 1.20. The van der Waals surface area contributed by atoms with Gasteiger partial charge in [-0.25, -0.2) is 18.0 Å². The fourth-order valence-electron chi connectivity index (χ4n) is 8.53. The number of halogens is 3. The highest BCUT2D eigenvalue weighted by Gasteiger charge is 2.50. The summed E-state index contributed by atoms with van der Waals surface area (Å²) in [7, 11) is 0. The number of anilines is 1. The Morgan fingerprint density at radius 1 is 1.12 bits per heavy atom. The Kier molecular flexibility index (Phi) is 8.44. The number of benzene rings is 2. The minimum atomic E-state index is -0.981. The molecule has 1 N–H and O–H groups in total. The molecular weight excluding hydrogens is 681 g/mol. The van der Waals surface area contributed by atoms with Crippen molar-refractivity contribution in [3.8, 4) is 35.4 Å². The molecule has 15 heteroatoms. The van der Waals surface area contributed by atoms with Gasteiger partial charge in [-0.2, -0.15) is 9.97 Å². The zero-order chi connectivity index (χ0) is 36.3. The molecule has 8 rings (SSSR count). The summed E-state index contributed by atoms with van der Waals surface area (Å²) in [6, 6.07) is 4.62. The predicted molar refractivity (Wildman–Crippen MR) is 182 cm³/mol. The van der Waals surface area contributed by atoms with Gasteiger partial charge in [0.05, 0.1) is 28.6 Å². The van der Waals surface area contributed by atoms with Gasteiger partial charge in [-0.05, 0) is 55.8 Å². The van der Waals surface area contributed by atoms with Crippen molar-refractivity contribution in [3.63, 3.8) is 0 Å². The third kappa shape index (κ3) is 5.75. The lowest BCUT2D eigenvalue weighted by Gasteiger charge is -2.41. The number of pyridine rings is 1. The van der Waals surface area contributed by atoms with Crippen molar-refractivity contribution >= 4 is 39.6 Å². The van der Waals surface area contributed by atoms with Crippen LogP contribution in [0.2, 0.25) is 0 Å². The van der Waals surface area contributed by atoms with Gasteiger partial charge in [0, 0.05) is 50.1 Å². The molecule has 1 amide bonds. The standard InChI is InChI=1S/C37H35F3N6O6/c1-3-26-29(39)8-5-21-11-25(48)12-27(30(21)26)32-31(40)33-28(14-41-32)34(43-35(42-33)50-18-37-9-4-10-45(37)15-22(38)13-37)44-16-23-6-7-24(17-44)46(23)36(49)52-19-51-20(2)47/h1,5,8,11-12,14,22-24,48H,4,6-7,9-10,13,15-19H2,2H3/t22-,23-,24+,37+/m1/s1. The molecule has 4 aliphatic rings. The van der Waals surface area contributed by atoms with Crippen molar-refractivity contribution in [2.75, 3.05) is 44.5 Å². The summed E-state index contributed by atoms with van der Waals surface area (Å²) in [5, 5.41) is 11.4. The first kappa shape index (κ1) is 33.8. The Morgan fingerprint density at radius 3 is 2.65 bits per heavy atom. The van der Waals surface area contributed by atoms with Crippen LogP contribution in [0.3, 0.4) is 0 Å². The first-order chi connectivity index (χ1) is 25.0. The molecule has 2 bridgehead atoms. The van der Waals surface area contributed by atoms with Gasteiger partial charge < -0.3 is 24.2 Å². The molecule has 270 valence electrons. The summed E-state index contributed by atoms with van der Waals surface area (Å²) >= 11 is 0. The van der Waals surface area contributed by atoms with E-state index in [1.54, 1.807) is 4.90 Å². The molecule has 4 aromatic rings. The summed E-state index contributed by atoms with van der Waals surface area (Å²) in [4.78, 5) is 43.6. The summed E-state index contributed by atoms with van der Waals surface area (Å²) in [5.41, 5.74) is -0.907. The number of ether oxygens (including phenoxy) is 3. The molecule has 0 radical (unpaired) electrons. The van der Waals surface area contributed by atoms with Crippen LogP contribution in [-0.2, 0) is 14.3 Å². The average Bonchev–Trinajstić information content (AvgIpc) is 3.73. The highest BCUT2D eigenvalue weighted by molar-refractivity contribution is 6.03. The highest BCUT2D eigenvalue weighted by atomic mass is 19.1. The Morgan fingerprint density at radius 2 is 1.90 bits per heavy atom. The maximum absolute atomic E-state index is 17.0. The van der Waals surface area contributed by atoms with Gasteiger partial charge in [-0.1, -0.05) is 12.0 Å². The third-order valence-electron chi connectivity index (χ3n) is 10.8. The molecule has 52 heavy (non-hydrogen) atoms. The van der Waals surface area contributed by atoms with Gasteiger partial charge >= 0.3 is 18.1 Å². The molecule has 2 aromatic carbocycles. The van der Waals surface area contributed by atoms with Crippen molar-refractivity contribution in [1.82, 2.24) is 24.8 Å². The number of phenols is 1. The fraction of sp³-hybridized carbons (Fsp3) is 0.432. The van der Waals surface area contributed by atoms with Crippen LogP contribution in [0, 0.1) is 24.0 Å². The minimum Gasteiger partial charge on any atom is -0.508 e. The van der Waals surface area contributed by atoms with E-state index in [9.17, 15) is 23.5 Å². The van der Waals surface area contributed by atoms with Crippen molar-refractivity contribution in [2.45, 2.75) is 62.8 Å². The number of rotatable bonds is 7. The number of amides is 1. The summed E-state index contributed by atoms with van der Waals surface area (Å²) < 4.78 is 62.7. The molecule has 4 saturated heterocycles. The number of esters is 1. The lowest BCUT2D eigenvalue weighted by atomic mass is 9.95. The number of hydrogen-bond acceptors (Lipinski definition) is 11. The number of fused-ring (bicyclic) bond motifs is 5. The maximum atomic E-state index is 17.0. The van der Waals surface area contributed by atoms with Crippen LogP contribution in [0.25, 0.3) is 32.9 Å². The van der Waals surface area contributed by atoms with E-state index in [1.165, 1.54) is 37.4 Å². The number of phenolic OH excluding ortho intramolecular Hbond substituents is 1. The van der Waals surface area contributed by atoms with Crippen molar-refractivity contribution in [3.05, 3.63) is 47.7 Å². The summed E-state index contributed by atoms with van der Waals surface area (Å²) in [6.07, 6.45) is 8.83. The van der Waals surface area contributed by atoms with Crippen LogP contribution in [0.4, 0.5) is 23.8 Å². The number of carbonyl (C=O) groups is 2. The Hall–Kier alpha value is -5.36. The third-order valence-corrected chi connectivity index (χ3v) is 10.8. The molecule has 2 aromatic heterocycles. The average molecular weight is 717 g/mol. The number of hydrogen-bond donors (Lipinski definition) is 1. The highest BCUT2D eigenvalue weighted by Crippen LogP contribution is 2.42. The molecule has 0 spiro atoms. The zero-order valence-corrected chi connectivity index (χ0v) is 28.3. The van der Waals surface area contributed by atoms with Crippen LogP contribution in [0.15, 0.2) is 30.5 Å². The molecule has 0 unspecified atom stereocenters. The second kappa shape index (κ2) is 13.0. The van der Waals surface area contributed by atoms with E-state index in [1.807, 2.05) is 4.90 Å². The van der Waals surface area contributed by atoms with E-state index in [0.717, 1.165) is 19.4 Å². The summed E-state index contributed by atoms with van der Waals surface area (Å²) in [5.74, 6) is 0.344. The number of terminal acetylenes is 1. The molecule has 0 aliphatic carbocycles. The second-order valence-electron chi connectivity index (χ2n) is 13.9. The minimum absolute atomic E-state index is 0.0730. The van der Waals surface area contributed by atoms with E-state index < -0.39 is 42.2 Å². The topological polar surface area (TPSA) is 130 Å². The van der Waals surface area contributed by atoms with Crippen LogP contribution in [0.1, 0.15) is 44.6 Å². The van der Waals surface area contributed by atoms with Crippen molar-refractivity contribution in [1.29, 1.82) is 0 Å². The van der Waals surface area contributed by atoms with Gasteiger partial charge in [-0.15, -0.1) is 6.42 Å². The largest absolute Gasteiger partial charge is 0.508 e. The maximum Gasteiger partial charge on any atom is 0.413 e. The van der Waals surface area contributed by atoms with Gasteiger partial charge in [-0.3, -0.25) is 19.6 Å². The molecule has 4 fully saturated rings.